The molecule has 0 unspecified atom stereocenters. The lowest BCUT2D eigenvalue weighted by atomic mass is 9.78. The number of likely N-dealkylation sites (N-methyl/N-ethyl adjacent to an activating group) is 1. The number of carbonyl (C=O) groups excluding carboxylic acids is 1. The summed E-state index contributed by atoms with van der Waals surface area (Å²) in [6.45, 7) is 2.06. The van der Waals surface area contributed by atoms with Gasteiger partial charge in [0.25, 0.3) is 0 Å². The Kier molecular flexibility index (Phi) is 3.02. The number of hydrogen-bond donors (Lipinski definition) is 0. The molecule has 0 N–H and O–H groups in total. The third kappa shape index (κ3) is 2.06. The topological polar surface area (TPSA) is 20.3 Å². The third-order valence-corrected chi connectivity index (χ3v) is 5.01. The first-order valence-corrected chi connectivity index (χ1v) is 7.95. The molecule has 1 aliphatic heterocycles. The number of nitrogens with zero attached hydrogens (tertiary/aromatic N) is 1. The van der Waals surface area contributed by atoms with Gasteiger partial charge in [-0.3, -0.25) is 4.79 Å². The molecule has 0 aromatic heterocycles. The summed E-state index contributed by atoms with van der Waals surface area (Å²) in [6.07, 6.45) is 0.720. The van der Waals surface area contributed by atoms with E-state index in [0.717, 1.165) is 17.7 Å². The smallest absolute Gasteiger partial charge is 0.237 e. The highest BCUT2D eigenvalue weighted by atomic mass is 16.2. The summed E-state index contributed by atoms with van der Waals surface area (Å²) in [5.41, 5.74) is 2.86. The number of fused-ring (bicyclic) bond motifs is 2. The zero-order valence-corrected chi connectivity index (χ0v) is 13.4. The fraction of sp³-hybridized carbons (Fsp3) is 0.190. The molecule has 3 aromatic carbocycles. The second kappa shape index (κ2) is 4.95. The zero-order chi connectivity index (χ0) is 16.0. The minimum absolute atomic E-state index is 0.173. The number of para-hydroxylation sites is 1. The monoisotopic (exact) mass is 301 g/mol. The summed E-state index contributed by atoms with van der Waals surface area (Å²) in [4.78, 5) is 14.7. The largest absolute Gasteiger partial charge is 0.314 e. The van der Waals surface area contributed by atoms with Crippen LogP contribution < -0.4 is 4.90 Å². The van der Waals surface area contributed by atoms with Gasteiger partial charge in [0, 0.05) is 12.7 Å². The molecule has 0 fully saturated rings. The van der Waals surface area contributed by atoms with Crippen LogP contribution in [0.4, 0.5) is 5.69 Å². The summed E-state index contributed by atoms with van der Waals surface area (Å²) in [7, 11) is 1.87. The molecule has 1 atom stereocenters. The molecule has 1 aliphatic rings. The van der Waals surface area contributed by atoms with E-state index in [9.17, 15) is 4.79 Å². The highest BCUT2D eigenvalue weighted by Gasteiger charge is 2.45. The number of hydrogen-bond acceptors (Lipinski definition) is 1. The molecule has 114 valence electrons. The van der Waals surface area contributed by atoms with Crippen molar-refractivity contribution in [3.63, 3.8) is 0 Å². The fourth-order valence-electron chi connectivity index (χ4n) is 3.76. The minimum atomic E-state index is -0.492. The number of benzene rings is 3. The molecular formula is C21H19NO. The Morgan fingerprint density at radius 1 is 0.913 bits per heavy atom. The number of carbonyl (C=O) groups is 1. The number of amides is 1. The highest BCUT2D eigenvalue weighted by molar-refractivity contribution is 6.07. The standard InChI is InChI=1S/C21H19NO/c1-21(18-9-5-6-10-19(18)22(2)20(21)23)14-15-11-12-16-7-3-4-8-17(16)13-15/h3-13H,14H2,1-2H3/t21-/m1/s1. The lowest BCUT2D eigenvalue weighted by molar-refractivity contribution is -0.122. The van der Waals surface area contributed by atoms with Crippen LogP contribution in [0, 0.1) is 0 Å². The van der Waals surface area contributed by atoms with Crippen molar-refractivity contribution >= 4 is 22.4 Å². The van der Waals surface area contributed by atoms with Crippen molar-refractivity contribution in [2.24, 2.45) is 0 Å². The van der Waals surface area contributed by atoms with Crippen molar-refractivity contribution in [2.45, 2.75) is 18.8 Å². The minimum Gasteiger partial charge on any atom is -0.314 e. The lowest BCUT2D eigenvalue weighted by Crippen LogP contribution is -2.37. The molecule has 1 heterocycles. The van der Waals surface area contributed by atoms with E-state index in [4.69, 9.17) is 0 Å². The van der Waals surface area contributed by atoms with Crippen molar-refractivity contribution in [1.82, 2.24) is 0 Å². The van der Waals surface area contributed by atoms with Gasteiger partial charge in [-0.05, 0) is 41.3 Å². The molecular weight excluding hydrogens is 282 g/mol. The molecule has 1 amide bonds. The maximum absolute atomic E-state index is 12.9. The Morgan fingerprint density at radius 3 is 2.43 bits per heavy atom. The number of rotatable bonds is 2. The van der Waals surface area contributed by atoms with Crippen molar-refractivity contribution < 1.29 is 4.79 Å². The van der Waals surface area contributed by atoms with E-state index in [1.165, 1.54) is 16.3 Å². The average Bonchev–Trinajstić information content (AvgIpc) is 2.77. The van der Waals surface area contributed by atoms with E-state index in [0.29, 0.717) is 0 Å². The van der Waals surface area contributed by atoms with Crippen LogP contribution in [-0.2, 0) is 16.6 Å². The van der Waals surface area contributed by atoms with Gasteiger partial charge in [0.2, 0.25) is 5.91 Å². The Morgan fingerprint density at radius 2 is 1.61 bits per heavy atom. The molecule has 0 spiro atoms. The Labute approximate surface area is 136 Å². The van der Waals surface area contributed by atoms with E-state index in [1.807, 2.05) is 25.2 Å². The predicted octanol–water partition coefficient (Wildman–Crippen LogP) is 4.32. The maximum Gasteiger partial charge on any atom is 0.237 e. The maximum atomic E-state index is 12.9. The average molecular weight is 301 g/mol. The Balaban J connectivity index is 1.78. The van der Waals surface area contributed by atoms with E-state index in [2.05, 4.69) is 55.5 Å². The first kappa shape index (κ1) is 14.0. The van der Waals surface area contributed by atoms with Crippen molar-refractivity contribution in [1.29, 1.82) is 0 Å². The lowest BCUT2D eigenvalue weighted by Gasteiger charge is -2.23. The van der Waals surface area contributed by atoms with Crippen LogP contribution >= 0.6 is 0 Å². The molecule has 2 heteroatoms. The molecule has 0 aliphatic carbocycles. The zero-order valence-electron chi connectivity index (χ0n) is 13.4. The van der Waals surface area contributed by atoms with E-state index >= 15 is 0 Å². The molecule has 3 aromatic rings. The van der Waals surface area contributed by atoms with Gasteiger partial charge in [-0.15, -0.1) is 0 Å². The van der Waals surface area contributed by atoms with Gasteiger partial charge < -0.3 is 4.90 Å². The van der Waals surface area contributed by atoms with E-state index < -0.39 is 5.41 Å². The molecule has 23 heavy (non-hydrogen) atoms. The summed E-state index contributed by atoms with van der Waals surface area (Å²) in [5, 5.41) is 2.46. The third-order valence-electron chi connectivity index (χ3n) is 5.01. The second-order valence-electron chi connectivity index (χ2n) is 6.57. The first-order valence-electron chi connectivity index (χ1n) is 7.95. The van der Waals surface area contributed by atoms with Crippen LogP contribution in [0.3, 0.4) is 0 Å². The van der Waals surface area contributed by atoms with Gasteiger partial charge in [-0.1, -0.05) is 60.7 Å². The molecule has 0 bridgehead atoms. The van der Waals surface area contributed by atoms with E-state index in [-0.39, 0.29) is 5.91 Å². The van der Waals surface area contributed by atoms with Crippen molar-refractivity contribution in [3.05, 3.63) is 77.9 Å². The van der Waals surface area contributed by atoms with Gasteiger partial charge in [-0.2, -0.15) is 0 Å². The van der Waals surface area contributed by atoms with Crippen LogP contribution in [0.25, 0.3) is 10.8 Å². The van der Waals surface area contributed by atoms with Crippen molar-refractivity contribution in [3.8, 4) is 0 Å². The van der Waals surface area contributed by atoms with E-state index in [1.54, 1.807) is 4.90 Å². The van der Waals surface area contributed by atoms with Crippen LogP contribution in [-0.4, -0.2) is 13.0 Å². The van der Waals surface area contributed by atoms with Gasteiger partial charge in [0.15, 0.2) is 0 Å². The quantitative estimate of drug-likeness (QED) is 0.690. The van der Waals surface area contributed by atoms with Crippen LogP contribution in [0.1, 0.15) is 18.1 Å². The normalized spacial score (nSPS) is 20.1. The predicted molar refractivity (Wildman–Crippen MR) is 94.9 cm³/mol. The van der Waals surface area contributed by atoms with Crippen LogP contribution in [0.15, 0.2) is 66.7 Å². The summed E-state index contributed by atoms with van der Waals surface area (Å²) >= 11 is 0. The van der Waals surface area contributed by atoms with Gasteiger partial charge in [0.05, 0.1) is 5.41 Å². The number of anilines is 1. The Hall–Kier alpha value is -2.61. The van der Waals surface area contributed by atoms with Gasteiger partial charge >= 0.3 is 0 Å². The Bertz CT molecular complexity index is 914. The molecule has 0 saturated heterocycles. The summed E-state index contributed by atoms with van der Waals surface area (Å²) in [5.74, 6) is 0.173. The second-order valence-corrected chi connectivity index (χ2v) is 6.57. The molecule has 2 nitrogen and oxygen atoms in total. The van der Waals surface area contributed by atoms with Gasteiger partial charge in [-0.25, -0.2) is 0 Å². The van der Waals surface area contributed by atoms with Crippen molar-refractivity contribution in [2.75, 3.05) is 11.9 Å². The SMILES string of the molecule is CN1C(=O)[C@](C)(Cc2ccc3ccccc3c2)c2ccccc21. The summed E-state index contributed by atoms with van der Waals surface area (Å²) in [6, 6.07) is 22.9. The molecule has 0 radical (unpaired) electrons. The summed E-state index contributed by atoms with van der Waals surface area (Å²) < 4.78 is 0. The fourth-order valence-corrected chi connectivity index (χ4v) is 3.76. The molecule has 0 saturated carbocycles. The first-order chi connectivity index (χ1) is 11.1. The van der Waals surface area contributed by atoms with Gasteiger partial charge in [0.1, 0.15) is 0 Å². The highest BCUT2D eigenvalue weighted by Crippen LogP contribution is 2.43. The van der Waals surface area contributed by atoms with Crippen LogP contribution in [0.2, 0.25) is 0 Å². The molecule has 4 rings (SSSR count). The van der Waals surface area contributed by atoms with Crippen LogP contribution in [0.5, 0.6) is 0 Å².